The van der Waals surface area contributed by atoms with Crippen molar-refractivity contribution in [2.24, 2.45) is 11.7 Å². The van der Waals surface area contributed by atoms with Gasteiger partial charge < -0.3 is 15.8 Å². The maximum Gasteiger partial charge on any atom is 0.237 e. The fourth-order valence-electron chi connectivity index (χ4n) is 2.82. The number of carbonyl (C=O) groups is 1. The summed E-state index contributed by atoms with van der Waals surface area (Å²) in [5.41, 5.74) is 6.71. The van der Waals surface area contributed by atoms with Gasteiger partial charge in [-0.2, -0.15) is 0 Å². The second-order valence-electron chi connectivity index (χ2n) is 6.90. The van der Waals surface area contributed by atoms with Crippen LogP contribution in [0, 0.1) is 5.92 Å². The molecule has 1 heterocycles. The number of amides is 1. The molecule has 1 aromatic carbocycles. The van der Waals surface area contributed by atoms with Crippen molar-refractivity contribution in [3.05, 3.63) is 29.8 Å². The largest absolute Gasteiger partial charge is 0.487 e. The van der Waals surface area contributed by atoms with E-state index in [-0.39, 0.29) is 17.6 Å². The van der Waals surface area contributed by atoms with Crippen LogP contribution in [-0.4, -0.2) is 17.6 Å². The van der Waals surface area contributed by atoms with Gasteiger partial charge in [-0.15, -0.1) is 0 Å². The summed E-state index contributed by atoms with van der Waals surface area (Å²) in [6.45, 7) is 8.21. The molecule has 2 atom stereocenters. The molecule has 1 aliphatic rings. The quantitative estimate of drug-likeness (QED) is 0.896. The first-order valence-corrected chi connectivity index (χ1v) is 7.62. The maximum absolute atomic E-state index is 12.3. The van der Waals surface area contributed by atoms with Crippen LogP contribution < -0.4 is 15.8 Å². The first kappa shape index (κ1) is 15.8. The molecular weight excluding hydrogens is 264 g/mol. The number of hydrogen-bond donors (Lipinski definition) is 2. The van der Waals surface area contributed by atoms with Gasteiger partial charge in [-0.3, -0.25) is 4.79 Å². The van der Waals surface area contributed by atoms with E-state index in [1.807, 2.05) is 38.1 Å². The molecule has 1 unspecified atom stereocenters. The smallest absolute Gasteiger partial charge is 0.237 e. The van der Waals surface area contributed by atoms with Crippen LogP contribution in [0.25, 0.3) is 0 Å². The highest BCUT2D eigenvalue weighted by atomic mass is 16.5. The fraction of sp³-hybridized carbons (Fsp3) is 0.588. The van der Waals surface area contributed by atoms with E-state index in [1.165, 1.54) is 0 Å². The Morgan fingerprint density at radius 1 is 1.43 bits per heavy atom. The van der Waals surface area contributed by atoms with E-state index in [2.05, 4.69) is 19.2 Å². The van der Waals surface area contributed by atoms with Crippen molar-refractivity contribution >= 4 is 5.91 Å². The number of hydrogen-bond acceptors (Lipinski definition) is 3. The van der Waals surface area contributed by atoms with Crippen molar-refractivity contribution in [1.82, 2.24) is 5.32 Å². The number of nitrogens with two attached hydrogens (primary N) is 1. The molecule has 116 valence electrons. The first-order chi connectivity index (χ1) is 9.78. The van der Waals surface area contributed by atoms with E-state index in [4.69, 9.17) is 10.5 Å². The molecule has 4 heteroatoms. The predicted octanol–water partition coefficient (Wildman–Crippen LogP) is 2.78. The molecule has 4 nitrogen and oxygen atoms in total. The Bertz CT molecular complexity index is 511. The van der Waals surface area contributed by atoms with Crippen LogP contribution >= 0.6 is 0 Å². The predicted molar refractivity (Wildman–Crippen MR) is 84.1 cm³/mol. The first-order valence-electron chi connectivity index (χ1n) is 7.62. The third-order valence-electron chi connectivity index (χ3n) is 3.75. The standard InChI is InChI=1S/C17H26N2O2/c1-11(2)9-13(18)16(20)19-14-10-17(3,4)21-15-8-6-5-7-12(14)15/h5-8,11,13-14H,9-10,18H2,1-4H3,(H,19,20)/t13-,14?/m0/s1. The summed E-state index contributed by atoms with van der Waals surface area (Å²) in [5.74, 6) is 1.17. The van der Waals surface area contributed by atoms with Crippen LogP contribution in [0.5, 0.6) is 5.75 Å². The lowest BCUT2D eigenvalue weighted by molar-refractivity contribution is -0.124. The van der Waals surface area contributed by atoms with Crippen molar-refractivity contribution in [2.75, 3.05) is 0 Å². The van der Waals surface area contributed by atoms with Crippen LogP contribution in [0.15, 0.2) is 24.3 Å². The van der Waals surface area contributed by atoms with Gasteiger partial charge in [-0.05, 0) is 32.3 Å². The van der Waals surface area contributed by atoms with Gasteiger partial charge in [-0.1, -0.05) is 32.0 Å². The molecule has 1 aromatic rings. The number of nitrogens with one attached hydrogen (secondary N) is 1. The van der Waals surface area contributed by atoms with E-state index < -0.39 is 6.04 Å². The van der Waals surface area contributed by atoms with Gasteiger partial charge in [0, 0.05) is 12.0 Å². The van der Waals surface area contributed by atoms with Gasteiger partial charge >= 0.3 is 0 Å². The van der Waals surface area contributed by atoms with E-state index in [0.717, 1.165) is 17.7 Å². The minimum Gasteiger partial charge on any atom is -0.487 e. The fourth-order valence-corrected chi connectivity index (χ4v) is 2.82. The van der Waals surface area contributed by atoms with Crippen LogP contribution in [0.4, 0.5) is 0 Å². The van der Waals surface area contributed by atoms with E-state index in [0.29, 0.717) is 12.3 Å². The zero-order valence-corrected chi connectivity index (χ0v) is 13.3. The van der Waals surface area contributed by atoms with Gasteiger partial charge in [0.25, 0.3) is 0 Å². The zero-order valence-electron chi connectivity index (χ0n) is 13.3. The average molecular weight is 290 g/mol. The highest BCUT2D eigenvalue weighted by Crippen LogP contribution is 2.39. The lowest BCUT2D eigenvalue weighted by atomic mass is 9.89. The number of carbonyl (C=O) groups excluding carboxylic acids is 1. The molecule has 0 saturated carbocycles. The Balaban J connectivity index is 2.14. The number of fused-ring (bicyclic) bond motifs is 1. The summed E-state index contributed by atoms with van der Waals surface area (Å²) in [6.07, 6.45) is 1.43. The molecule has 0 bridgehead atoms. The zero-order chi connectivity index (χ0) is 15.6. The average Bonchev–Trinajstić information content (AvgIpc) is 2.36. The topological polar surface area (TPSA) is 64.4 Å². The molecule has 0 fully saturated rings. The molecule has 2 rings (SSSR count). The summed E-state index contributed by atoms with van der Waals surface area (Å²) in [7, 11) is 0. The Labute approximate surface area is 127 Å². The highest BCUT2D eigenvalue weighted by Gasteiger charge is 2.34. The van der Waals surface area contributed by atoms with Gasteiger partial charge in [0.1, 0.15) is 11.4 Å². The molecule has 0 aliphatic carbocycles. The second kappa shape index (κ2) is 6.06. The van der Waals surface area contributed by atoms with E-state index in [9.17, 15) is 4.79 Å². The summed E-state index contributed by atoms with van der Waals surface area (Å²) in [4.78, 5) is 12.3. The van der Waals surface area contributed by atoms with Crippen LogP contribution in [0.1, 0.15) is 52.1 Å². The van der Waals surface area contributed by atoms with Crippen LogP contribution in [0.3, 0.4) is 0 Å². The maximum atomic E-state index is 12.3. The van der Waals surface area contributed by atoms with Gasteiger partial charge in [0.05, 0.1) is 12.1 Å². The van der Waals surface area contributed by atoms with E-state index in [1.54, 1.807) is 0 Å². The molecule has 0 aromatic heterocycles. The Morgan fingerprint density at radius 2 is 2.10 bits per heavy atom. The Hall–Kier alpha value is -1.55. The van der Waals surface area contributed by atoms with Crippen molar-refractivity contribution in [3.8, 4) is 5.75 Å². The lowest BCUT2D eigenvalue weighted by Gasteiger charge is -2.38. The third-order valence-corrected chi connectivity index (χ3v) is 3.75. The molecule has 21 heavy (non-hydrogen) atoms. The van der Waals surface area contributed by atoms with Gasteiger partial charge in [0.2, 0.25) is 5.91 Å². The number of rotatable bonds is 4. The van der Waals surface area contributed by atoms with Crippen molar-refractivity contribution in [2.45, 2.75) is 58.2 Å². The summed E-state index contributed by atoms with van der Waals surface area (Å²) in [5, 5.41) is 3.09. The number of ether oxygens (including phenoxy) is 1. The Morgan fingerprint density at radius 3 is 2.76 bits per heavy atom. The number of para-hydroxylation sites is 1. The summed E-state index contributed by atoms with van der Waals surface area (Å²) in [6, 6.07) is 7.36. The molecule has 1 amide bonds. The monoisotopic (exact) mass is 290 g/mol. The van der Waals surface area contributed by atoms with Gasteiger partial charge in [-0.25, -0.2) is 0 Å². The minimum absolute atomic E-state index is 0.0457. The van der Waals surface area contributed by atoms with Crippen molar-refractivity contribution in [1.29, 1.82) is 0 Å². The van der Waals surface area contributed by atoms with Gasteiger partial charge in [0.15, 0.2) is 0 Å². The molecule has 0 spiro atoms. The highest BCUT2D eigenvalue weighted by molar-refractivity contribution is 5.82. The van der Waals surface area contributed by atoms with Crippen molar-refractivity contribution < 1.29 is 9.53 Å². The van der Waals surface area contributed by atoms with Crippen LogP contribution in [0.2, 0.25) is 0 Å². The molecular formula is C17H26N2O2. The van der Waals surface area contributed by atoms with E-state index >= 15 is 0 Å². The molecule has 0 saturated heterocycles. The normalized spacial score (nSPS) is 21.3. The lowest BCUT2D eigenvalue weighted by Crippen LogP contribution is -2.46. The van der Waals surface area contributed by atoms with Crippen LogP contribution in [-0.2, 0) is 4.79 Å². The third kappa shape index (κ3) is 3.97. The molecule has 1 aliphatic heterocycles. The number of benzene rings is 1. The SMILES string of the molecule is CC(C)C[C@H](N)C(=O)NC1CC(C)(C)Oc2ccccc21. The van der Waals surface area contributed by atoms with Crippen molar-refractivity contribution in [3.63, 3.8) is 0 Å². The summed E-state index contributed by atoms with van der Waals surface area (Å²) >= 11 is 0. The molecule has 3 N–H and O–H groups in total. The minimum atomic E-state index is -0.455. The Kier molecular flexibility index (Phi) is 4.57. The second-order valence-corrected chi connectivity index (χ2v) is 6.90. The summed E-state index contributed by atoms with van der Waals surface area (Å²) < 4.78 is 5.97. The molecule has 0 radical (unpaired) electrons.